The molecule has 0 aliphatic rings. The molecule has 23 heavy (non-hydrogen) atoms. The molecule has 0 aliphatic heterocycles. The van der Waals surface area contributed by atoms with Crippen LogP contribution in [0.15, 0.2) is 64.0 Å². The van der Waals surface area contributed by atoms with Gasteiger partial charge in [-0.2, -0.15) is 0 Å². The topological polar surface area (TPSA) is 72.2 Å². The summed E-state index contributed by atoms with van der Waals surface area (Å²) < 4.78 is 32.7. The van der Waals surface area contributed by atoms with Crippen molar-refractivity contribution in [2.24, 2.45) is 0 Å². The number of hydrogen-bond donors (Lipinski definition) is 1. The number of nitrogens with zero attached hydrogens (tertiary/aromatic N) is 1. The molecular weight excluding hydrogens is 336 g/mol. The Morgan fingerprint density at radius 3 is 2.35 bits per heavy atom. The predicted octanol–water partition coefficient (Wildman–Crippen LogP) is 4.10. The highest BCUT2D eigenvalue weighted by Crippen LogP contribution is 2.31. The number of benzene rings is 2. The van der Waals surface area contributed by atoms with Crippen LogP contribution < -0.4 is 4.72 Å². The highest BCUT2D eigenvalue weighted by atomic mass is 35.5. The van der Waals surface area contributed by atoms with E-state index in [2.05, 4.69) is 9.88 Å². The van der Waals surface area contributed by atoms with Gasteiger partial charge in [0, 0.05) is 5.56 Å². The van der Waals surface area contributed by atoms with E-state index in [-0.39, 0.29) is 15.8 Å². The van der Waals surface area contributed by atoms with E-state index < -0.39 is 10.0 Å². The van der Waals surface area contributed by atoms with Crippen LogP contribution in [0, 0.1) is 6.92 Å². The number of anilines is 1. The van der Waals surface area contributed by atoms with E-state index >= 15 is 0 Å². The van der Waals surface area contributed by atoms with E-state index in [1.807, 2.05) is 30.3 Å². The van der Waals surface area contributed by atoms with Gasteiger partial charge in [0.05, 0.1) is 4.90 Å². The minimum Gasteiger partial charge on any atom is -0.336 e. The standard InChI is InChI=1S/C16H13ClN2O3S/c1-11-15(17)16(22-18-11)19-23(20,21)14-10-6-5-9-13(14)12-7-3-2-4-8-12/h2-10,19H,1H3. The van der Waals surface area contributed by atoms with Gasteiger partial charge in [0.15, 0.2) is 0 Å². The molecule has 0 amide bonds. The Morgan fingerprint density at radius 1 is 1.04 bits per heavy atom. The van der Waals surface area contributed by atoms with E-state index in [0.717, 1.165) is 5.56 Å². The van der Waals surface area contributed by atoms with E-state index in [0.29, 0.717) is 11.3 Å². The zero-order valence-corrected chi connectivity index (χ0v) is 13.7. The molecule has 1 N–H and O–H groups in total. The van der Waals surface area contributed by atoms with Crippen molar-refractivity contribution in [1.82, 2.24) is 5.16 Å². The molecule has 0 aliphatic carbocycles. The molecule has 5 nitrogen and oxygen atoms in total. The first-order valence-corrected chi connectivity index (χ1v) is 8.64. The van der Waals surface area contributed by atoms with Crippen LogP contribution in [-0.4, -0.2) is 13.6 Å². The number of sulfonamides is 1. The molecule has 2 aromatic carbocycles. The smallest absolute Gasteiger partial charge is 0.264 e. The van der Waals surface area contributed by atoms with Gasteiger partial charge in [-0.25, -0.2) is 13.1 Å². The maximum absolute atomic E-state index is 12.7. The van der Waals surface area contributed by atoms with E-state index in [4.69, 9.17) is 16.1 Å². The molecule has 0 fully saturated rings. The number of aryl methyl sites for hydroxylation is 1. The summed E-state index contributed by atoms with van der Waals surface area (Å²) in [5.41, 5.74) is 1.81. The third-order valence-electron chi connectivity index (χ3n) is 3.28. The highest BCUT2D eigenvalue weighted by molar-refractivity contribution is 7.92. The summed E-state index contributed by atoms with van der Waals surface area (Å²) in [6.45, 7) is 1.63. The number of halogens is 1. The average Bonchev–Trinajstić information content (AvgIpc) is 2.87. The number of hydrogen-bond acceptors (Lipinski definition) is 4. The Bertz CT molecular complexity index is 937. The summed E-state index contributed by atoms with van der Waals surface area (Å²) in [6, 6.07) is 16.0. The molecule has 1 aromatic heterocycles. The van der Waals surface area contributed by atoms with Crippen molar-refractivity contribution in [3.63, 3.8) is 0 Å². The van der Waals surface area contributed by atoms with Gasteiger partial charge < -0.3 is 4.52 Å². The molecular formula is C16H13ClN2O3S. The van der Waals surface area contributed by atoms with E-state index in [1.165, 1.54) is 6.07 Å². The summed E-state index contributed by atoms with van der Waals surface area (Å²) >= 11 is 5.98. The first kappa shape index (κ1) is 15.6. The second kappa shape index (κ2) is 6.06. The lowest BCUT2D eigenvalue weighted by molar-refractivity contribution is 0.430. The lowest BCUT2D eigenvalue weighted by Gasteiger charge is -2.11. The van der Waals surface area contributed by atoms with Crippen LogP contribution in [0.1, 0.15) is 5.69 Å². The molecule has 118 valence electrons. The van der Waals surface area contributed by atoms with Gasteiger partial charge in [-0.3, -0.25) is 0 Å². The fourth-order valence-electron chi connectivity index (χ4n) is 2.16. The van der Waals surface area contributed by atoms with E-state index in [1.54, 1.807) is 25.1 Å². The Labute approximate surface area is 138 Å². The minimum absolute atomic E-state index is 0.0907. The molecule has 0 spiro atoms. The summed E-state index contributed by atoms with van der Waals surface area (Å²) in [5, 5.41) is 3.78. The first-order chi connectivity index (χ1) is 11.0. The summed E-state index contributed by atoms with van der Waals surface area (Å²) in [5.74, 6) is -0.0907. The first-order valence-electron chi connectivity index (χ1n) is 6.78. The molecule has 1 heterocycles. The molecule has 0 radical (unpaired) electrons. The Hall–Kier alpha value is -2.31. The maximum atomic E-state index is 12.7. The Kier molecular flexibility index (Phi) is 4.11. The maximum Gasteiger partial charge on any atom is 0.264 e. The highest BCUT2D eigenvalue weighted by Gasteiger charge is 2.23. The van der Waals surface area contributed by atoms with Gasteiger partial charge >= 0.3 is 0 Å². The summed E-state index contributed by atoms with van der Waals surface area (Å²) in [7, 11) is -3.87. The zero-order valence-electron chi connectivity index (χ0n) is 12.2. The van der Waals surface area contributed by atoms with Crippen molar-refractivity contribution >= 4 is 27.5 Å². The molecule has 0 bridgehead atoms. The molecule has 0 saturated carbocycles. The van der Waals surface area contributed by atoms with Crippen LogP contribution in [0.3, 0.4) is 0 Å². The van der Waals surface area contributed by atoms with Crippen LogP contribution in [0.25, 0.3) is 11.1 Å². The number of nitrogens with one attached hydrogen (secondary N) is 1. The van der Waals surface area contributed by atoms with E-state index in [9.17, 15) is 8.42 Å². The summed E-state index contributed by atoms with van der Waals surface area (Å²) in [4.78, 5) is 0.135. The third-order valence-corrected chi connectivity index (χ3v) is 5.11. The second-order valence-corrected chi connectivity index (χ2v) is 6.91. The number of aromatic nitrogens is 1. The lowest BCUT2D eigenvalue weighted by Crippen LogP contribution is -2.13. The molecule has 0 unspecified atom stereocenters. The molecule has 7 heteroatoms. The Balaban J connectivity index is 2.06. The SMILES string of the molecule is Cc1noc(NS(=O)(=O)c2ccccc2-c2ccccc2)c1Cl. The van der Waals surface area contributed by atoms with Crippen molar-refractivity contribution in [2.75, 3.05) is 4.72 Å². The van der Waals surface area contributed by atoms with Crippen LogP contribution in [0.2, 0.25) is 5.02 Å². The normalized spacial score (nSPS) is 11.4. The summed E-state index contributed by atoms with van der Waals surface area (Å²) in [6.07, 6.45) is 0. The lowest BCUT2D eigenvalue weighted by atomic mass is 10.1. The molecule has 0 saturated heterocycles. The number of rotatable bonds is 4. The molecule has 3 rings (SSSR count). The quantitative estimate of drug-likeness (QED) is 0.770. The van der Waals surface area contributed by atoms with Gasteiger partial charge in [0.1, 0.15) is 10.7 Å². The van der Waals surface area contributed by atoms with Gasteiger partial charge in [-0.05, 0) is 18.6 Å². The molecule has 0 atom stereocenters. The van der Waals surface area contributed by atoms with Gasteiger partial charge in [-0.15, -0.1) is 0 Å². The third kappa shape index (κ3) is 3.09. The van der Waals surface area contributed by atoms with Crippen molar-refractivity contribution < 1.29 is 12.9 Å². The molecule has 3 aromatic rings. The van der Waals surface area contributed by atoms with Crippen LogP contribution in [0.5, 0.6) is 0 Å². The zero-order chi connectivity index (χ0) is 16.4. The van der Waals surface area contributed by atoms with Crippen molar-refractivity contribution in [2.45, 2.75) is 11.8 Å². The fourth-order valence-corrected chi connectivity index (χ4v) is 3.55. The minimum atomic E-state index is -3.87. The monoisotopic (exact) mass is 348 g/mol. The predicted molar refractivity (Wildman–Crippen MR) is 88.9 cm³/mol. The second-order valence-electron chi connectivity index (χ2n) is 4.88. The van der Waals surface area contributed by atoms with Gasteiger partial charge in [0.25, 0.3) is 15.9 Å². The fraction of sp³-hybridized carbons (Fsp3) is 0.0625. The van der Waals surface area contributed by atoms with Crippen LogP contribution >= 0.6 is 11.6 Å². The van der Waals surface area contributed by atoms with Crippen LogP contribution in [-0.2, 0) is 10.0 Å². The van der Waals surface area contributed by atoms with Crippen LogP contribution in [0.4, 0.5) is 5.88 Å². The van der Waals surface area contributed by atoms with Gasteiger partial charge in [-0.1, -0.05) is 65.3 Å². The van der Waals surface area contributed by atoms with Crippen molar-refractivity contribution in [3.05, 3.63) is 65.3 Å². The van der Waals surface area contributed by atoms with Crippen molar-refractivity contribution in [3.8, 4) is 11.1 Å². The van der Waals surface area contributed by atoms with Crippen molar-refractivity contribution in [1.29, 1.82) is 0 Å². The average molecular weight is 349 g/mol. The largest absolute Gasteiger partial charge is 0.336 e. The van der Waals surface area contributed by atoms with Gasteiger partial charge in [0.2, 0.25) is 0 Å². The Morgan fingerprint density at radius 2 is 1.70 bits per heavy atom.